The van der Waals surface area contributed by atoms with E-state index in [2.05, 4.69) is 5.32 Å². The molecule has 16 heavy (non-hydrogen) atoms. The van der Waals surface area contributed by atoms with Crippen LogP contribution >= 0.6 is 11.6 Å². The van der Waals surface area contributed by atoms with Gasteiger partial charge in [-0.2, -0.15) is 0 Å². The number of hydrogen-bond donors (Lipinski definition) is 1. The molecular formula is C12H12ClNO2. The van der Waals surface area contributed by atoms with Gasteiger partial charge in [-0.3, -0.25) is 9.59 Å². The van der Waals surface area contributed by atoms with Crippen LogP contribution in [0.1, 0.15) is 22.8 Å². The van der Waals surface area contributed by atoms with Gasteiger partial charge in [0.15, 0.2) is 6.29 Å². The average molecular weight is 238 g/mol. The Labute approximate surface area is 99.1 Å². The predicted octanol–water partition coefficient (Wildman–Crippen LogP) is 2.30. The van der Waals surface area contributed by atoms with Crippen LogP contribution in [0.25, 0.3) is 6.08 Å². The van der Waals surface area contributed by atoms with Crippen LogP contribution in [0.5, 0.6) is 0 Å². The molecule has 0 fully saturated rings. The molecule has 0 saturated heterocycles. The molecule has 3 nitrogen and oxygen atoms in total. The molecule has 1 aromatic carbocycles. The van der Waals surface area contributed by atoms with Crippen molar-refractivity contribution in [3.8, 4) is 0 Å². The van der Waals surface area contributed by atoms with Crippen molar-refractivity contribution in [2.75, 3.05) is 6.54 Å². The molecule has 0 radical (unpaired) electrons. The lowest BCUT2D eigenvalue weighted by molar-refractivity contribution is -0.118. The maximum atomic E-state index is 10.6. The van der Waals surface area contributed by atoms with E-state index in [0.29, 0.717) is 23.4 Å². The zero-order valence-corrected chi connectivity index (χ0v) is 9.62. The lowest BCUT2D eigenvalue weighted by Gasteiger charge is -1.99. The Balaban J connectivity index is 2.67. The monoisotopic (exact) mass is 237 g/mol. The van der Waals surface area contributed by atoms with Crippen molar-refractivity contribution in [1.82, 2.24) is 5.32 Å². The third-order valence-corrected chi connectivity index (χ3v) is 2.27. The molecule has 0 saturated carbocycles. The molecule has 0 aromatic heterocycles. The van der Waals surface area contributed by atoms with E-state index < -0.39 is 0 Å². The molecule has 0 aliphatic heterocycles. The smallest absolute Gasteiger partial charge is 0.217 e. The maximum absolute atomic E-state index is 10.6. The number of halogens is 1. The van der Waals surface area contributed by atoms with Crippen LogP contribution in [0.3, 0.4) is 0 Å². The second kappa shape index (κ2) is 6.08. The van der Waals surface area contributed by atoms with Crippen LogP contribution < -0.4 is 5.32 Å². The van der Waals surface area contributed by atoms with Gasteiger partial charge in [0.05, 0.1) is 5.02 Å². The van der Waals surface area contributed by atoms with E-state index >= 15 is 0 Å². The summed E-state index contributed by atoms with van der Waals surface area (Å²) in [5.74, 6) is -0.0747. The Morgan fingerprint density at radius 1 is 1.50 bits per heavy atom. The van der Waals surface area contributed by atoms with Crippen LogP contribution in [0.4, 0.5) is 0 Å². The van der Waals surface area contributed by atoms with Gasteiger partial charge in [0.25, 0.3) is 0 Å². The first kappa shape index (κ1) is 12.5. The Morgan fingerprint density at radius 2 is 2.25 bits per heavy atom. The number of nitrogens with one attached hydrogen (secondary N) is 1. The molecule has 1 rings (SSSR count). The van der Waals surface area contributed by atoms with Gasteiger partial charge in [-0.05, 0) is 17.7 Å². The van der Waals surface area contributed by atoms with Gasteiger partial charge in [-0.25, -0.2) is 0 Å². The van der Waals surface area contributed by atoms with Gasteiger partial charge in [0.2, 0.25) is 5.91 Å². The van der Waals surface area contributed by atoms with Crippen LogP contribution in [0.2, 0.25) is 5.02 Å². The van der Waals surface area contributed by atoms with Crippen molar-refractivity contribution in [3.05, 3.63) is 40.4 Å². The van der Waals surface area contributed by atoms with Gasteiger partial charge < -0.3 is 5.32 Å². The molecule has 0 aliphatic rings. The molecule has 1 aromatic rings. The van der Waals surface area contributed by atoms with Gasteiger partial charge in [-0.15, -0.1) is 0 Å². The zero-order chi connectivity index (χ0) is 12.0. The molecule has 1 amide bonds. The molecule has 4 heteroatoms. The first-order valence-corrected chi connectivity index (χ1v) is 5.17. The quantitative estimate of drug-likeness (QED) is 0.817. The number of carbonyl (C=O) groups excluding carboxylic acids is 2. The van der Waals surface area contributed by atoms with E-state index in [1.54, 1.807) is 24.3 Å². The highest BCUT2D eigenvalue weighted by atomic mass is 35.5. The largest absolute Gasteiger partial charge is 0.353 e. The van der Waals surface area contributed by atoms with Crippen molar-refractivity contribution in [2.45, 2.75) is 6.92 Å². The highest BCUT2D eigenvalue weighted by Crippen LogP contribution is 2.16. The number of benzene rings is 1. The van der Waals surface area contributed by atoms with Crippen molar-refractivity contribution in [1.29, 1.82) is 0 Å². The Kier molecular flexibility index (Phi) is 4.73. The van der Waals surface area contributed by atoms with Crippen molar-refractivity contribution in [2.24, 2.45) is 0 Å². The van der Waals surface area contributed by atoms with Gasteiger partial charge in [0, 0.05) is 19.0 Å². The summed E-state index contributed by atoms with van der Waals surface area (Å²) in [7, 11) is 0. The lowest BCUT2D eigenvalue weighted by Crippen LogP contribution is -2.19. The summed E-state index contributed by atoms with van der Waals surface area (Å²) in [5.41, 5.74) is 1.33. The lowest BCUT2D eigenvalue weighted by atomic mass is 10.1. The fourth-order valence-corrected chi connectivity index (χ4v) is 1.32. The molecule has 0 unspecified atom stereocenters. The highest BCUT2D eigenvalue weighted by molar-refractivity contribution is 6.33. The Hall–Kier alpha value is -1.61. The van der Waals surface area contributed by atoms with Crippen LogP contribution in [0.15, 0.2) is 24.3 Å². The summed E-state index contributed by atoms with van der Waals surface area (Å²) in [4.78, 5) is 21.2. The molecule has 0 spiro atoms. The van der Waals surface area contributed by atoms with E-state index in [-0.39, 0.29) is 5.91 Å². The fourth-order valence-electron chi connectivity index (χ4n) is 1.15. The average Bonchev–Trinajstić information content (AvgIpc) is 2.26. The second-order valence-electron chi connectivity index (χ2n) is 3.24. The molecule has 0 heterocycles. The minimum Gasteiger partial charge on any atom is -0.353 e. The minimum absolute atomic E-state index is 0.0747. The normalized spacial score (nSPS) is 10.4. The van der Waals surface area contributed by atoms with Crippen LogP contribution in [0, 0.1) is 0 Å². The molecule has 0 bridgehead atoms. The highest BCUT2D eigenvalue weighted by Gasteiger charge is 1.98. The number of aldehydes is 1. The van der Waals surface area contributed by atoms with E-state index in [1.165, 1.54) is 6.92 Å². The SMILES string of the molecule is CC(=O)NCC=Cc1ccc(Cl)c(C=O)c1. The van der Waals surface area contributed by atoms with E-state index in [4.69, 9.17) is 11.6 Å². The third kappa shape index (κ3) is 3.87. The van der Waals surface area contributed by atoms with E-state index in [1.807, 2.05) is 6.08 Å². The second-order valence-corrected chi connectivity index (χ2v) is 3.65. The van der Waals surface area contributed by atoms with Gasteiger partial charge in [-0.1, -0.05) is 29.8 Å². The first-order chi connectivity index (χ1) is 7.63. The zero-order valence-electron chi connectivity index (χ0n) is 8.87. The molecule has 0 aliphatic carbocycles. The summed E-state index contributed by atoms with van der Waals surface area (Å²) in [5, 5.41) is 3.07. The molecular weight excluding hydrogens is 226 g/mol. The molecule has 0 atom stereocenters. The van der Waals surface area contributed by atoms with Crippen LogP contribution in [-0.4, -0.2) is 18.7 Å². The summed E-state index contributed by atoms with van der Waals surface area (Å²) in [6, 6.07) is 5.17. The standard InChI is InChI=1S/C12H12ClNO2/c1-9(16)14-6-2-3-10-4-5-12(13)11(7-10)8-15/h2-5,7-8H,6H2,1H3,(H,14,16). The summed E-state index contributed by atoms with van der Waals surface area (Å²) >= 11 is 5.79. The summed E-state index contributed by atoms with van der Waals surface area (Å²) in [6.07, 6.45) is 4.34. The molecule has 1 N–H and O–H groups in total. The predicted molar refractivity (Wildman–Crippen MR) is 64.6 cm³/mol. The summed E-state index contributed by atoms with van der Waals surface area (Å²) < 4.78 is 0. The number of amides is 1. The summed E-state index contributed by atoms with van der Waals surface area (Å²) in [6.45, 7) is 1.93. The van der Waals surface area contributed by atoms with Gasteiger partial charge >= 0.3 is 0 Å². The third-order valence-electron chi connectivity index (χ3n) is 1.93. The van der Waals surface area contributed by atoms with Crippen LogP contribution in [-0.2, 0) is 4.79 Å². The van der Waals surface area contributed by atoms with Crippen molar-refractivity contribution in [3.63, 3.8) is 0 Å². The number of rotatable bonds is 4. The fraction of sp³-hybridized carbons (Fsp3) is 0.167. The topological polar surface area (TPSA) is 46.2 Å². The number of carbonyl (C=O) groups is 2. The minimum atomic E-state index is -0.0747. The first-order valence-electron chi connectivity index (χ1n) is 4.79. The van der Waals surface area contributed by atoms with Crippen molar-refractivity contribution < 1.29 is 9.59 Å². The van der Waals surface area contributed by atoms with Crippen molar-refractivity contribution >= 4 is 29.9 Å². The molecule has 84 valence electrons. The van der Waals surface area contributed by atoms with E-state index in [0.717, 1.165) is 5.56 Å². The Bertz CT molecular complexity index is 427. The number of hydrogen-bond acceptors (Lipinski definition) is 2. The maximum Gasteiger partial charge on any atom is 0.217 e. The Morgan fingerprint density at radius 3 is 2.88 bits per heavy atom. The van der Waals surface area contributed by atoms with Gasteiger partial charge in [0.1, 0.15) is 0 Å². The van der Waals surface area contributed by atoms with E-state index in [9.17, 15) is 9.59 Å².